The number of hydrogen-bond donors (Lipinski definition) is 2. The Labute approximate surface area is 111 Å². The molecule has 0 bridgehead atoms. The minimum atomic E-state index is -0.0938. The van der Waals surface area contributed by atoms with Gasteiger partial charge >= 0.3 is 0 Å². The van der Waals surface area contributed by atoms with E-state index in [1.165, 1.54) is 0 Å². The monoisotopic (exact) mass is 274 g/mol. The third-order valence-electron chi connectivity index (χ3n) is 2.43. The van der Waals surface area contributed by atoms with Crippen LogP contribution >= 0.6 is 23.2 Å². The SMILES string of the molecule is CCC(C)NCC(=O)Nc1ccc(Cl)c(Cl)c1. The predicted octanol–water partition coefficient (Wildman–Crippen LogP) is 3.32. The zero-order chi connectivity index (χ0) is 12.8. The molecule has 0 aromatic heterocycles. The molecule has 17 heavy (non-hydrogen) atoms. The maximum absolute atomic E-state index is 11.6. The van der Waals surface area contributed by atoms with E-state index in [0.29, 0.717) is 21.8 Å². The lowest BCUT2D eigenvalue weighted by Crippen LogP contribution is -2.33. The molecule has 1 aromatic carbocycles. The Balaban J connectivity index is 2.48. The third-order valence-corrected chi connectivity index (χ3v) is 3.17. The van der Waals surface area contributed by atoms with Gasteiger partial charge in [-0.05, 0) is 31.5 Å². The van der Waals surface area contributed by atoms with Gasteiger partial charge in [-0.15, -0.1) is 0 Å². The Kier molecular flexibility index (Phi) is 5.75. The minimum Gasteiger partial charge on any atom is -0.325 e. The summed E-state index contributed by atoms with van der Waals surface area (Å²) in [6.07, 6.45) is 0.986. The second-order valence-electron chi connectivity index (χ2n) is 3.87. The highest BCUT2D eigenvalue weighted by atomic mass is 35.5. The quantitative estimate of drug-likeness (QED) is 0.865. The van der Waals surface area contributed by atoms with Gasteiger partial charge in [-0.1, -0.05) is 30.1 Å². The Hall–Kier alpha value is -0.770. The summed E-state index contributed by atoms with van der Waals surface area (Å²) in [6, 6.07) is 5.33. The molecule has 94 valence electrons. The van der Waals surface area contributed by atoms with Crippen LogP contribution in [0.25, 0.3) is 0 Å². The summed E-state index contributed by atoms with van der Waals surface area (Å²) in [7, 11) is 0. The van der Waals surface area contributed by atoms with Crippen molar-refractivity contribution in [2.45, 2.75) is 26.3 Å². The molecule has 1 atom stereocenters. The highest BCUT2D eigenvalue weighted by molar-refractivity contribution is 6.42. The summed E-state index contributed by atoms with van der Waals surface area (Å²) in [5.41, 5.74) is 0.648. The summed E-state index contributed by atoms with van der Waals surface area (Å²) in [4.78, 5) is 11.6. The number of carbonyl (C=O) groups is 1. The van der Waals surface area contributed by atoms with Gasteiger partial charge in [0, 0.05) is 11.7 Å². The van der Waals surface area contributed by atoms with E-state index in [0.717, 1.165) is 6.42 Å². The van der Waals surface area contributed by atoms with Crippen molar-refractivity contribution in [3.63, 3.8) is 0 Å². The van der Waals surface area contributed by atoms with Crippen molar-refractivity contribution in [3.8, 4) is 0 Å². The van der Waals surface area contributed by atoms with E-state index in [-0.39, 0.29) is 12.5 Å². The van der Waals surface area contributed by atoms with E-state index in [9.17, 15) is 4.79 Å². The molecule has 2 N–H and O–H groups in total. The Morgan fingerprint density at radius 1 is 1.35 bits per heavy atom. The van der Waals surface area contributed by atoms with E-state index in [2.05, 4.69) is 17.6 Å². The molecule has 3 nitrogen and oxygen atoms in total. The number of nitrogens with one attached hydrogen (secondary N) is 2. The van der Waals surface area contributed by atoms with Gasteiger partial charge in [-0.3, -0.25) is 4.79 Å². The molecule has 1 rings (SSSR count). The first kappa shape index (κ1) is 14.3. The van der Waals surface area contributed by atoms with Crippen LogP contribution in [-0.4, -0.2) is 18.5 Å². The number of rotatable bonds is 5. The number of amides is 1. The normalized spacial score (nSPS) is 12.2. The fourth-order valence-corrected chi connectivity index (χ4v) is 1.49. The first-order valence-electron chi connectivity index (χ1n) is 5.51. The predicted molar refractivity (Wildman–Crippen MR) is 72.8 cm³/mol. The molecule has 0 aliphatic carbocycles. The van der Waals surface area contributed by atoms with Gasteiger partial charge in [-0.25, -0.2) is 0 Å². The van der Waals surface area contributed by atoms with Crippen LogP contribution in [0.4, 0.5) is 5.69 Å². The van der Waals surface area contributed by atoms with Crippen LogP contribution < -0.4 is 10.6 Å². The average Bonchev–Trinajstić information content (AvgIpc) is 2.31. The first-order valence-corrected chi connectivity index (χ1v) is 6.26. The smallest absolute Gasteiger partial charge is 0.238 e. The van der Waals surface area contributed by atoms with Crippen molar-refractivity contribution >= 4 is 34.8 Å². The number of hydrogen-bond acceptors (Lipinski definition) is 2. The Morgan fingerprint density at radius 2 is 2.06 bits per heavy atom. The maximum Gasteiger partial charge on any atom is 0.238 e. The fourth-order valence-electron chi connectivity index (χ4n) is 1.19. The molecular weight excluding hydrogens is 259 g/mol. The van der Waals surface area contributed by atoms with E-state index in [1.54, 1.807) is 18.2 Å². The highest BCUT2D eigenvalue weighted by Gasteiger charge is 2.05. The third kappa shape index (κ3) is 4.94. The molecule has 1 amide bonds. The van der Waals surface area contributed by atoms with Gasteiger partial charge in [0.1, 0.15) is 0 Å². The topological polar surface area (TPSA) is 41.1 Å². The second-order valence-corrected chi connectivity index (χ2v) is 4.68. The standard InChI is InChI=1S/C12H16Cl2N2O/c1-3-8(2)15-7-12(17)16-9-4-5-10(13)11(14)6-9/h4-6,8,15H,3,7H2,1-2H3,(H,16,17). The van der Waals surface area contributed by atoms with Crippen molar-refractivity contribution in [3.05, 3.63) is 28.2 Å². The number of anilines is 1. The van der Waals surface area contributed by atoms with Crippen LogP contribution in [0.15, 0.2) is 18.2 Å². The summed E-state index contributed by atoms with van der Waals surface area (Å²) < 4.78 is 0. The van der Waals surface area contributed by atoms with Gasteiger partial charge in [0.15, 0.2) is 0 Å². The Morgan fingerprint density at radius 3 is 2.65 bits per heavy atom. The summed E-state index contributed by atoms with van der Waals surface area (Å²) >= 11 is 11.6. The first-order chi connectivity index (χ1) is 8.02. The summed E-state index contributed by atoms with van der Waals surface area (Å²) in [5.74, 6) is -0.0938. The molecular formula is C12H16Cl2N2O. The zero-order valence-corrected chi connectivity index (χ0v) is 11.4. The molecule has 0 fully saturated rings. The average molecular weight is 275 g/mol. The van der Waals surface area contributed by atoms with Crippen LogP contribution in [0.1, 0.15) is 20.3 Å². The number of benzene rings is 1. The zero-order valence-electron chi connectivity index (χ0n) is 9.89. The van der Waals surface area contributed by atoms with Crippen LogP contribution in [-0.2, 0) is 4.79 Å². The van der Waals surface area contributed by atoms with E-state index in [4.69, 9.17) is 23.2 Å². The summed E-state index contributed by atoms with van der Waals surface area (Å²) in [6.45, 7) is 4.39. The highest BCUT2D eigenvalue weighted by Crippen LogP contribution is 2.24. The van der Waals surface area contributed by atoms with Crippen molar-refractivity contribution < 1.29 is 4.79 Å². The second kappa shape index (κ2) is 6.84. The van der Waals surface area contributed by atoms with Crippen LogP contribution in [0.3, 0.4) is 0 Å². The van der Waals surface area contributed by atoms with Crippen molar-refractivity contribution in [1.29, 1.82) is 0 Å². The van der Waals surface area contributed by atoms with Gasteiger partial charge in [0.25, 0.3) is 0 Å². The molecule has 1 aromatic rings. The lowest BCUT2D eigenvalue weighted by molar-refractivity contribution is -0.115. The minimum absolute atomic E-state index is 0.0938. The molecule has 0 spiro atoms. The molecule has 1 unspecified atom stereocenters. The maximum atomic E-state index is 11.6. The molecule has 0 radical (unpaired) electrons. The number of halogens is 2. The van der Waals surface area contributed by atoms with E-state index < -0.39 is 0 Å². The van der Waals surface area contributed by atoms with Gasteiger partial charge in [-0.2, -0.15) is 0 Å². The lowest BCUT2D eigenvalue weighted by Gasteiger charge is -2.11. The van der Waals surface area contributed by atoms with Gasteiger partial charge < -0.3 is 10.6 Å². The molecule has 0 saturated carbocycles. The Bertz CT molecular complexity index is 396. The van der Waals surface area contributed by atoms with E-state index >= 15 is 0 Å². The van der Waals surface area contributed by atoms with Crippen LogP contribution in [0.2, 0.25) is 10.0 Å². The molecule has 0 aliphatic heterocycles. The molecule has 0 heterocycles. The van der Waals surface area contributed by atoms with E-state index in [1.807, 2.05) is 6.92 Å². The van der Waals surface area contributed by atoms with Crippen molar-refractivity contribution in [2.24, 2.45) is 0 Å². The molecule has 5 heteroatoms. The fraction of sp³-hybridized carbons (Fsp3) is 0.417. The number of carbonyl (C=O) groups excluding carboxylic acids is 1. The largest absolute Gasteiger partial charge is 0.325 e. The molecule has 0 aliphatic rings. The van der Waals surface area contributed by atoms with Gasteiger partial charge in [0.2, 0.25) is 5.91 Å². The van der Waals surface area contributed by atoms with Crippen LogP contribution in [0.5, 0.6) is 0 Å². The van der Waals surface area contributed by atoms with Crippen molar-refractivity contribution in [1.82, 2.24) is 5.32 Å². The summed E-state index contributed by atoms with van der Waals surface area (Å²) in [5, 5.41) is 6.76. The van der Waals surface area contributed by atoms with Crippen molar-refractivity contribution in [2.75, 3.05) is 11.9 Å². The van der Waals surface area contributed by atoms with Crippen LogP contribution in [0, 0.1) is 0 Å². The molecule has 0 saturated heterocycles. The van der Waals surface area contributed by atoms with Gasteiger partial charge in [0.05, 0.1) is 16.6 Å². The lowest BCUT2D eigenvalue weighted by atomic mass is 10.2.